The molecule has 0 spiro atoms. The van der Waals surface area contributed by atoms with E-state index in [0.717, 1.165) is 0 Å². The summed E-state index contributed by atoms with van der Waals surface area (Å²) >= 11 is 0. The van der Waals surface area contributed by atoms with Crippen LogP contribution in [-0.4, -0.2) is 58.9 Å². The molecule has 0 saturated heterocycles. The Bertz CT molecular complexity index is 566. The Morgan fingerprint density at radius 1 is 1.11 bits per heavy atom. The number of carbonyl (C=O) groups is 2. The number of amides is 2. The highest BCUT2D eigenvalue weighted by Gasteiger charge is 2.61. The summed E-state index contributed by atoms with van der Waals surface area (Å²) in [5.74, 6) is -0.866. The molecule has 0 atom stereocenters. The molecule has 2 amide bonds. The summed E-state index contributed by atoms with van der Waals surface area (Å²) in [6, 6.07) is -0.192. The van der Waals surface area contributed by atoms with Crippen LogP contribution in [0.1, 0.15) is 58.3 Å². The number of hydrogen-bond acceptors (Lipinski definition) is 3. The number of likely N-dealkylation sites (N-methyl/N-ethyl adjacent to an activating group) is 1. The van der Waals surface area contributed by atoms with Gasteiger partial charge in [-0.15, -0.1) is 0 Å². The lowest BCUT2D eigenvalue weighted by Crippen LogP contribution is -2.63. The Labute approximate surface area is 156 Å². The molecule has 3 N–H and O–H groups in total. The second-order valence-corrected chi connectivity index (χ2v) is 8.44. The lowest BCUT2D eigenvalue weighted by Gasteiger charge is -2.54. The summed E-state index contributed by atoms with van der Waals surface area (Å²) < 4.78 is 39.9. The number of hydrogen-bond donors (Lipinski definition) is 3. The maximum Gasteiger partial charge on any atom is 0.394 e. The van der Waals surface area contributed by atoms with E-state index >= 15 is 0 Å². The van der Waals surface area contributed by atoms with E-state index in [1.807, 2.05) is 11.8 Å². The molecule has 4 aliphatic carbocycles. The van der Waals surface area contributed by atoms with Crippen molar-refractivity contribution in [1.29, 1.82) is 0 Å². The molecule has 0 aromatic carbocycles. The molecule has 154 valence electrons. The zero-order valence-electron chi connectivity index (χ0n) is 15.6. The molecule has 0 radical (unpaired) electrons. The molecule has 0 unspecified atom stereocenters. The minimum atomic E-state index is -4.16. The quantitative estimate of drug-likeness (QED) is 0.650. The normalized spacial score (nSPS) is 35.6. The Morgan fingerprint density at radius 3 is 2.11 bits per heavy atom. The predicted molar refractivity (Wildman–Crippen MR) is 92.3 cm³/mol. The van der Waals surface area contributed by atoms with Gasteiger partial charge in [0.05, 0.1) is 12.0 Å². The molecule has 4 rings (SSSR count). The lowest BCUT2D eigenvalue weighted by molar-refractivity contribution is -0.253. The van der Waals surface area contributed by atoms with Crippen LogP contribution in [0.25, 0.3) is 0 Å². The number of nitrogens with one attached hydrogen (secondary N) is 2. The average Bonchev–Trinajstić information content (AvgIpc) is 2.56. The molecule has 2 bridgehead atoms. The van der Waals surface area contributed by atoms with E-state index in [2.05, 4.69) is 10.6 Å². The number of nitrogens with zero attached hydrogens (tertiary/aromatic N) is 1. The number of carboxylic acids is 1. The predicted octanol–water partition coefficient (Wildman–Crippen LogP) is 2.88. The number of fused-ring (bicyclic) bond motifs is 3. The molecule has 0 aromatic heterocycles. The van der Waals surface area contributed by atoms with Gasteiger partial charge in [-0.2, -0.15) is 13.2 Å². The number of aliphatic carboxylic acids is 1. The fraction of sp³-hybridized carbons (Fsp3) is 0.889. The van der Waals surface area contributed by atoms with Gasteiger partial charge in [0.15, 0.2) is 0 Å². The van der Waals surface area contributed by atoms with Crippen molar-refractivity contribution in [3.63, 3.8) is 0 Å². The van der Waals surface area contributed by atoms with E-state index in [-0.39, 0.29) is 43.9 Å². The molecule has 4 fully saturated rings. The molecule has 0 aromatic rings. The summed E-state index contributed by atoms with van der Waals surface area (Å²) in [4.78, 5) is 25.1. The number of halogens is 3. The lowest BCUT2D eigenvalue weighted by atomic mass is 9.57. The fourth-order valence-corrected chi connectivity index (χ4v) is 4.94. The van der Waals surface area contributed by atoms with Crippen molar-refractivity contribution >= 4 is 12.0 Å². The van der Waals surface area contributed by atoms with Crippen molar-refractivity contribution in [2.24, 2.45) is 5.41 Å². The SMILES string of the molecule is CCN(CC(=O)O)C1CC(NC(=O)NC23CCC(C(F)(F)F)(CC2)CC3)C1. The van der Waals surface area contributed by atoms with Gasteiger partial charge in [0.1, 0.15) is 0 Å². The first-order valence-corrected chi connectivity index (χ1v) is 9.69. The molecule has 6 nitrogen and oxygen atoms in total. The second-order valence-electron chi connectivity index (χ2n) is 8.44. The molecule has 27 heavy (non-hydrogen) atoms. The van der Waals surface area contributed by atoms with Crippen molar-refractivity contribution in [1.82, 2.24) is 15.5 Å². The van der Waals surface area contributed by atoms with Crippen LogP contribution in [0.3, 0.4) is 0 Å². The monoisotopic (exact) mass is 391 g/mol. The van der Waals surface area contributed by atoms with Gasteiger partial charge in [0.25, 0.3) is 0 Å². The maximum absolute atomic E-state index is 13.3. The number of carboxylic acid groups (broad SMARTS) is 1. The molecule has 0 heterocycles. The van der Waals surface area contributed by atoms with Crippen molar-refractivity contribution in [3.05, 3.63) is 0 Å². The summed E-state index contributed by atoms with van der Waals surface area (Å²) in [6.45, 7) is 2.53. The molecular formula is C18H28F3N3O3. The first-order valence-electron chi connectivity index (χ1n) is 9.69. The largest absolute Gasteiger partial charge is 0.480 e. The number of carbonyl (C=O) groups excluding carboxylic acids is 1. The maximum atomic E-state index is 13.3. The zero-order valence-corrected chi connectivity index (χ0v) is 15.6. The first-order chi connectivity index (χ1) is 12.6. The summed E-state index contributed by atoms with van der Waals surface area (Å²) in [7, 11) is 0. The van der Waals surface area contributed by atoms with Gasteiger partial charge in [0.2, 0.25) is 0 Å². The smallest absolute Gasteiger partial charge is 0.394 e. The molecule has 4 aliphatic rings. The first kappa shape index (κ1) is 20.2. The summed E-state index contributed by atoms with van der Waals surface area (Å²) in [6.07, 6.45) is -1.41. The minimum Gasteiger partial charge on any atom is -0.480 e. The van der Waals surface area contributed by atoms with Gasteiger partial charge in [-0.25, -0.2) is 4.79 Å². The second kappa shape index (κ2) is 7.14. The van der Waals surface area contributed by atoms with E-state index in [9.17, 15) is 22.8 Å². The van der Waals surface area contributed by atoms with Gasteiger partial charge in [-0.3, -0.25) is 9.69 Å². The average molecular weight is 391 g/mol. The zero-order chi connectivity index (χ0) is 19.9. The van der Waals surface area contributed by atoms with Gasteiger partial charge >= 0.3 is 18.2 Å². The number of alkyl halides is 3. The van der Waals surface area contributed by atoms with Crippen LogP contribution in [0.15, 0.2) is 0 Å². The summed E-state index contributed by atoms with van der Waals surface area (Å²) in [5, 5.41) is 14.8. The third kappa shape index (κ3) is 4.02. The standard InChI is InChI=1S/C18H28F3N3O3/c1-2-24(11-14(25)26)13-9-12(10-13)22-15(27)23-17-6-3-16(4-7-17,5-8-17)18(19,20)21/h12-13H,2-11H2,1H3,(H,25,26)(H2,22,23,27). The van der Waals surface area contributed by atoms with Crippen LogP contribution >= 0.6 is 0 Å². The van der Waals surface area contributed by atoms with Crippen LogP contribution in [0.5, 0.6) is 0 Å². The van der Waals surface area contributed by atoms with E-state index in [0.29, 0.717) is 38.6 Å². The Kier molecular flexibility index (Phi) is 5.35. The van der Waals surface area contributed by atoms with E-state index in [1.54, 1.807) is 0 Å². The van der Waals surface area contributed by atoms with Crippen LogP contribution in [-0.2, 0) is 4.79 Å². The van der Waals surface area contributed by atoms with Crippen LogP contribution < -0.4 is 10.6 Å². The van der Waals surface area contributed by atoms with Crippen molar-refractivity contribution in [3.8, 4) is 0 Å². The number of urea groups is 1. The van der Waals surface area contributed by atoms with Crippen LogP contribution in [0, 0.1) is 5.41 Å². The highest BCUT2D eigenvalue weighted by atomic mass is 19.4. The third-order valence-electron chi connectivity index (χ3n) is 6.94. The summed E-state index contributed by atoms with van der Waals surface area (Å²) in [5.41, 5.74) is -2.07. The van der Waals surface area contributed by atoms with Crippen molar-refractivity contribution in [2.75, 3.05) is 13.1 Å². The Balaban J connectivity index is 1.45. The Morgan fingerprint density at radius 2 is 1.67 bits per heavy atom. The fourth-order valence-electron chi connectivity index (χ4n) is 4.94. The van der Waals surface area contributed by atoms with Crippen molar-refractivity contribution < 1.29 is 27.9 Å². The highest BCUT2D eigenvalue weighted by Crippen LogP contribution is 2.59. The Hall–Kier alpha value is -1.51. The van der Waals surface area contributed by atoms with Crippen LogP contribution in [0.2, 0.25) is 0 Å². The molecule has 0 aliphatic heterocycles. The highest BCUT2D eigenvalue weighted by molar-refractivity contribution is 5.75. The van der Waals surface area contributed by atoms with Crippen molar-refractivity contribution in [2.45, 2.75) is 82.1 Å². The van der Waals surface area contributed by atoms with Gasteiger partial charge in [-0.1, -0.05) is 6.92 Å². The molecule has 4 saturated carbocycles. The number of rotatable bonds is 6. The molecular weight excluding hydrogens is 363 g/mol. The topological polar surface area (TPSA) is 81.7 Å². The third-order valence-corrected chi connectivity index (χ3v) is 6.94. The molecule has 9 heteroatoms. The minimum absolute atomic E-state index is 0.00977. The van der Waals surface area contributed by atoms with Crippen LogP contribution in [0.4, 0.5) is 18.0 Å². The van der Waals surface area contributed by atoms with E-state index < -0.39 is 23.1 Å². The van der Waals surface area contributed by atoms with E-state index in [4.69, 9.17) is 5.11 Å². The van der Waals surface area contributed by atoms with E-state index in [1.165, 1.54) is 0 Å². The van der Waals surface area contributed by atoms with Gasteiger partial charge < -0.3 is 15.7 Å². The van der Waals surface area contributed by atoms with Gasteiger partial charge in [-0.05, 0) is 57.9 Å². The van der Waals surface area contributed by atoms with Gasteiger partial charge in [0, 0.05) is 17.6 Å².